The molecule has 0 spiro atoms. The Morgan fingerprint density at radius 1 is 1.32 bits per heavy atom. The maximum absolute atomic E-state index is 9.83. The van der Waals surface area contributed by atoms with Crippen molar-refractivity contribution in [1.82, 2.24) is 4.90 Å². The SMILES string of the molecule is COCC(O)CN(C)C(c1ccc(C)cc1)C(C)N. The summed E-state index contributed by atoms with van der Waals surface area (Å²) in [7, 11) is 3.57. The summed E-state index contributed by atoms with van der Waals surface area (Å²) in [6.07, 6.45) is -0.498. The van der Waals surface area contributed by atoms with Crippen molar-refractivity contribution in [3.63, 3.8) is 0 Å². The minimum atomic E-state index is -0.498. The van der Waals surface area contributed by atoms with Gasteiger partial charge in [0.15, 0.2) is 0 Å². The van der Waals surface area contributed by atoms with Crippen LogP contribution in [0.1, 0.15) is 24.1 Å². The fraction of sp³-hybridized carbons (Fsp3) is 0.600. The van der Waals surface area contributed by atoms with E-state index in [1.807, 2.05) is 14.0 Å². The van der Waals surface area contributed by atoms with E-state index in [4.69, 9.17) is 10.5 Å². The van der Waals surface area contributed by atoms with Crippen molar-refractivity contribution in [1.29, 1.82) is 0 Å². The van der Waals surface area contributed by atoms with E-state index in [1.54, 1.807) is 7.11 Å². The highest BCUT2D eigenvalue weighted by molar-refractivity contribution is 5.25. The van der Waals surface area contributed by atoms with Crippen LogP contribution < -0.4 is 5.73 Å². The predicted octanol–water partition coefficient (Wildman–Crippen LogP) is 1.32. The highest BCUT2D eigenvalue weighted by atomic mass is 16.5. The smallest absolute Gasteiger partial charge is 0.0900 e. The number of likely N-dealkylation sites (N-methyl/N-ethyl adjacent to an activating group) is 1. The molecule has 0 aliphatic rings. The molecule has 4 nitrogen and oxygen atoms in total. The molecule has 0 aliphatic heterocycles. The molecule has 108 valence electrons. The number of benzene rings is 1. The van der Waals surface area contributed by atoms with Crippen LogP contribution >= 0.6 is 0 Å². The van der Waals surface area contributed by atoms with E-state index in [0.717, 1.165) is 0 Å². The maximum Gasteiger partial charge on any atom is 0.0900 e. The molecule has 0 aliphatic carbocycles. The Hall–Kier alpha value is -0.940. The number of aliphatic hydroxyl groups excluding tert-OH is 1. The molecular weight excluding hydrogens is 240 g/mol. The summed E-state index contributed by atoms with van der Waals surface area (Å²) in [5.41, 5.74) is 8.51. The number of nitrogens with two attached hydrogens (primary N) is 1. The van der Waals surface area contributed by atoms with Gasteiger partial charge in [-0.15, -0.1) is 0 Å². The molecule has 3 N–H and O–H groups in total. The number of rotatable bonds is 7. The van der Waals surface area contributed by atoms with Crippen molar-refractivity contribution in [3.8, 4) is 0 Å². The van der Waals surface area contributed by atoms with Crippen LogP contribution in [-0.2, 0) is 4.74 Å². The second kappa shape index (κ2) is 7.60. The van der Waals surface area contributed by atoms with Crippen LogP contribution in [0.2, 0.25) is 0 Å². The van der Waals surface area contributed by atoms with Crippen molar-refractivity contribution < 1.29 is 9.84 Å². The molecule has 0 heterocycles. The largest absolute Gasteiger partial charge is 0.389 e. The van der Waals surface area contributed by atoms with Gasteiger partial charge in [0.1, 0.15) is 0 Å². The van der Waals surface area contributed by atoms with Crippen LogP contribution in [0, 0.1) is 6.92 Å². The predicted molar refractivity (Wildman–Crippen MR) is 78.1 cm³/mol. The Balaban J connectivity index is 2.79. The van der Waals surface area contributed by atoms with E-state index in [0.29, 0.717) is 13.2 Å². The Kier molecular flexibility index (Phi) is 6.45. The van der Waals surface area contributed by atoms with Crippen molar-refractivity contribution in [2.24, 2.45) is 5.73 Å². The summed E-state index contributed by atoms with van der Waals surface area (Å²) in [5, 5.41) is 9.83. The van der Waals surface area contributed by atoms with Gasteiger partial charge in [-0.1, -0.05) is 29.8 Å². The molecule has 19 heavy (non-hydrogen) atoms. The number of nitrogens with zero attached hydrogens (tertiary/aromatic N) is 1. The van der Waals surface area contributed by atoms with Gasteiger partial charge in [0, 0.05) is 25.7 Å². The van der Waals surface area contributed by atoms with Gasteiger partial charge in [-0.3, -0.25) is 4.90 Å². The summed E-state index contributed by atoms with van der Waals surface area (Å²) in [6, 6.07) is 8.45. The molecule has 0 saturated heterocycles. The zero-order valence-electron chi connectivity index (χ0n) is 12.3. The summed E-state index contributed by atoms with van der Waals surface area (Å²) < 4.78 is 4.96. The monoisotopic (exact) mass is 266 g/mol. The average Bonchev–Trinajstić information content (AvgIpc) is 2.31. The number of ether oxygens (including phenoxy) is 1. The number of hydrogen-bond donors (Lipinski definition) is 2. The van der Waals surface area contributed by atoms with E-state index < -0.39 is 6.10 Å². The maximum atomic E-state index is 9.83. The average molecular weight is 266 g/mol. The Bertz CT molecular complexity index is 365. The molecule has 1 aromatic rings. The molecule has 0 fully saturated rings. The van der Waals surface area contributed by atoms with Gasteiger partial charge in [-0.2, -0.15) is 0 Å². The van der Waals surface area contributed by atoms with Gasteiger partial charge in [0.2, 0.25) is 0 Å². The normalized spacial score (nSPS) is 16.4. The molecule has 0 amide bonds. The number of aliphatic hydroxyl groups is 1. The molecular formula is C15H26N2O2. The topological polar surface area (TPSA) is 58.7 Å². The highest BCUT2D eigenvalue weighted by Gasteiger charge is 2.22. The summed E-state index contributed by atoms with van der Waals surface area (Å²) >= 11 is 0. The molecule has 3 unspecified atom stereocenters. The lowest BCUT2D eigenvalue weighted by atomic mass is 9.98. The first-order valence-electron chi connectivity index (χ1n) is 6.65. The van der Waals surface area contributed by atoms with E-state index in [-0.39, 0.29) is 12.1 Å². The molecule has 0 saturated carbocycles. The van der Waals surface area contributed by atoms with Gasteiger partial charge in [0.05, 0.1) is 12.7 Å². The quantitative estimate of drug-likeness (QED) is 0.781. The van der Waals surface area contributed by atoms with E-state index >= 15 is 0 Å². The van der Waals surface area contributed by atoms with Gasteiger partial charge >= 0.3 is 0 Å². The van der Waals surface area contributed by atoms with Crippen LogP contribution in [0.25, 0.3) is 0 Å². The molecule has 0 radical (unpaired) electrons. The summed E-state index contributed by atoms with van der Waals surface area (Å²) in [6.45, 7) is 4.93. The number of methoxy groups -OCH3 is 1. The van der Waals surface area contributed by atoms with Crippen LogP contribution in [0.4, 0.5) is 0 Å². The number of hydrogen-bond acceptors (Lipinski definition) is 4. The summed E-state index contributed by atoms with van der Waals surface area (Å²) in [5.74, 6) is 0. The Morgan fingerprint density at radius 2 is 1.89 bits per heavy atom. The third-order valence-corrected chi connectivity index (χ3v) is 3.25. The number of aryl methyl sites for hydroxylation is 1. The zero-order valence-corrected chi connectivity index (χ0v) is 12.3. The first-order chi connectivity index (χ1) is 8.95. The fourth-order valence-corrected chi connectivity index (χ4v) is 2.41. The highest BCUT2D eigenvalue weighted by Crippen LogP contribution is 2.22. The molecule has 1 rings (SSSR count). The third-order valence-electron chi connectivity index (χ3n) is 3.25. The van der Waals surface area contributed by atoms with Crippen molar-refractivity contribution in [3.05, 3.63) is 35.4 Å². The second-order valence-corrected chi connectivity index (χ2v) is 5.26. The van der Waals surface area contributed by atoms with Gasteiger partial charge in [-0.25, -0.2) is 0 Å². The molecule has 1 aromatic carbocycles. The van der Waals surface area contributed by atoms with Crippen LogP contribution in [0.3, 0.4) is 0 Å². The molecule has 4 heteroatoms. The first kappa shape index (κ1) is 16.1. The lowest BCUT2D eigenvalue weighted by Crippen LogP contribution is -2.41. The zero-order chi connectivity index (χ0) is 14.4. The Morgan fingerprint density at radius 3 is 2.37 bits per heavy atom. The van der Waals surface area contributed by atoms with Crippen LogP contribution in [-0.4, -0.2) is 49.5 Å². The van der Waals surface area contributed by atoms with E-state index in [2.05, 4.69) is 36.1 Å². The van der Waals surface area contributed by atoms with Crippen LogP contribution in [0.15, 0.2) is 24.3 Å². The standard InChI is InChI=1S/C15H26N2O2/c1-11-5-7-13(8-6-11)15(12(2)16)17(3)9-14(18)10-19-4/h5-8,12,14-15,18H,9-10,16H2,1-4H3. The Labute approximate surface area is 116 Å². The summed E-state index contributed by atoms with van der Waals surface area (Å²) in [4.78, 5) is 2.08. The molecule has 0 aromatic heterocycles. The molecule has 0 bridgehead atoms. The second-order valence-electron chi connectivity index (χ2n) is 5.26. The first-order valence-corrected chi connectivity index (χ1v) is 6.65. The molecule has 3 atom stereocenters. The van der Waals surface area contributed by atoms with Crippen molar-refractivity contribution >= 4 is 0 Å². The fourth-order valence-electron chi connectivity index (χ4n) is 2.41. The minimum absolute atomic E-state index is 0.0116. The van der Waals surface area contributed by atoms with Crippen LogP contribution in [0.5, 0.6) is 0 Å². The van der Waals surface area contributed by atoms with E-state index in [9.17, 15) is 5.11 Å². The third kappa shape index (κ3) is 4.91. The lowest BCUT2D eigenvalue weighted by molar-refractivity contribution is 0.0317. The van der Waals surface area contributed by atoms with Gasteiger partial charge in [0.25, 0.3) is 0 Å². The minimum Gasteiger partial charge on any atom is -0.389 e. The van der Waals surface area contributed by atoms with Gasteiger partial charge in [-0.05, 0) is 26.5 Å². The van der Waals surface area contributed by atoms with Crippen molar-refractivity contribution in [2.75, 3.05) is 27.3 Å². The lowest BCUT2D eigenvalue weighted by Gasteiger charge is -2.32. The van der Waals surface area contributed by atoms with Crippen molar-refractivity contribution in [2.45, 2.75) is 32.0 Å². The van der Waals surface area contributed by atoms with E-state index in [1.165, 1.54) is 11.1 Å². The van der Waals surface area contributed by atoms with Gasteiger partial charge < -0.3 is 15.6 Å².